The van der Waals surface area contributed by atoms with Gasteiger partial charge in [-0.2, -0.15) is 0 Å². The van der Waals surface area contributed by atoms with Gasteiger partial charge >= 0.3 is 0 Å². The monoisotopic (exact) mass is 224 g/mol. The molecule has 0 aliphatic carbocycles. The summed E-state index contributed by atoms with van der Waals surface area (Å²) in [5, 5.41) is 0. The molecule has 1 aromatic rings. The van der Waals surface area contributed by atoms with Gasteiger partial charge in [-0.05, 0) is 18.6 Å². The topological polar surface area (TPSA) is 47.7 Å². The summed E-state index contributed by atoms with van der Waals surface area (Å²) in [5.41, 5.74) is 7.60. The van der Waals surface area contributed by atoms with Crippen LogP contribution in [-0.4, -0.2) is 34.4 Å². The van der Waals surface area contributed by atoms with E-state index in [-0.39, 0.29) is 0 Å². The Balaban J connectivity index is 3.13. The van der Waals surface area contributed by atoms with Crippen LogP contribution in [0.25, 0.3) is 0 Å². The lowest BCUT2D eigenvalue weighted by molar-refractivity contribution is 0.400. The largest absolute Gasteiger partial charge is 0.496 e. The van der Waals surface area contributed by atoms with Gasteiger partial charge in [0, 0.05) is 26.2 Å². The number of benzene rings is 1. The van der Waals surface area contributed by atoms with Crippen LogP contribution in [0.3, 0.4) is 0 Å². The Labute approximate surface area is 96.9 Å². The molecule has 1 aromatic carbocycles. The highest BCUT2D eigenvalue weighted by molar-refractivity contribution is 5.63. The standard InChI is InChI=1S/C12H20N2O2/c1-9-7-12(16-4)10(8-11(9)15-3)14(2)6-5-13/h7-8H,5-6,13H2,1-4H3. The molecule has 0 bridgehead atoms. The average Bonchev–Trinajstić information content (AvgIpc) is 2.28. The van der Waals surface area contributed by atoms with Crippen LogP contribution in [-0.2, 0) is 0 Å². The molecule has 0 fully saturated rings. The van der Waals surface area contributed by atoms with E-state index in [2.05, 4.69) is 4.90 Å². The first-order valence-corrected chi connectivity index (χ1v) is 5.27. The number of nitrogens with zero attached hydrogens (tertiary/aromatic N) is 1. The second-order valence-corrected chi connectivity index (χ2v) is 3.70. The third kappa shape index (κ3) is 2.58. The number of anilines is 1. The highest BCUT2D eigenvalue weighted by Gasteiger charge is 2.11. The van der Waals surface area contributed by atoms with E-state index in [1.807, 2.05) is 26.1 Å². The third-order valence-corrected chi connectivity index (χ3v) is 2.57. The number of ether oxygens (including phenoxy) is 2. The van der Waals surface area contributed by atoms with Crippen molar-refractivity contribution in [1.82, 2.24) is 0 Å². The highest BCUT2D eigenvalue weighted by atomic mass is 16.5. The van der Waals surface area contributed by atoms with E-state index >= 15 is 0 Å². The molecule has 0 radical (unpaired) electrons. The van der Waals surface area contributed by atoms with Crippen LogP contribution in [0.1, 0.15) is 5.56 Å². The maximum Gasteiger partial charge on any atom is 0.142 e. The lowest BCUT2D eigenvalue weighted by atomic mass is 10.1. The number of rotatable bonds is 5. The summed E-state index contributed by atoms with van der Waals surface area (Å²) in [5.74, 6) is 1.70. The van der Waals surface area contributed by atoms with E-state index in [1.165, 1.54) is 0 Å². The number of likely N-dealkylation sites (N-methyl/N-ethyl adjacent to an activating group) is 1. The number of methoxy groups -OCH3 is 2. The summed E-state index contributed by atoms with van der Waals surface area (Å²) in [6, 6.07) is 3.95. The van der Waals surface area contributed by atoms with Gasteiger partial charge in [0.25, 0.3) is 0 Å². The first kappa shape index (κ1) is 12.6. The van der Waals surface area contributed by atoms with E-state index in [1.54, 1.807) is 14.2 Å². The zero-order valence-electron chi connectivity index (χ0n) is 10.4. The van der Waals surface area contributed by atoms with Gasteiger partial charge in [-0.15, -0.1) is 0 Å². The summed E-state index contributed by atoms with van der Waals surface area (Å²) < 4.78 is 10.7. The van der Waals surface area contributed by atoms with Crippen LogP contribution in [0.2, 0.25) is 0 Å². The Morgan fingerprint density at radius 2 is 1.81 bits per heavy atom. The van der Waals surface area contributed by atoms with Crippen LogP contribution < -0.4 is 20.1 Å². The van der Waals surface area contributed by atoms with Crippen molar-refractivity contribution in [3.05, 3.63) is 17.7 Å². The fourth-order valence-electron chi connectivity index (χ4n) is 1.65. The van der Waals surface area contributed by atoms with Crippen molar-refractivity contribution in [2.45, 2.75) is 6.92 Å². The van der Waals surface area contributed by atoms with E-state index in [4.69, 9.17) is 15.2 Å². The Bertz CT molecular complexity index is 353. The second kappa shape index (κ2) is 5.61. The van der Waals surface area contributed by atoms with E-state index in [0.717, 1.165) is 29.3 Å². The summed E-state index contributed by atoms with van der Waals surface area (Å²) in [7, 11) is 5.32. The lowest BCUT2D eigenvalue weighted by Gasteiger charge is -2.22. The summed E-state index contributed by atoms with van der Waals surface area (Å²) in [6.45, 7) is 3.38. The molecule has 0 saturated carbocycles. The number of hydrogen-bond acceptors (Lipinski definition) is 4. The predicted molar refractivity (Wildman–Crippen MR) is 66.6 cm³/mol. The molecule has 0 saturated heterocycles. The maximum atomic E-state index is 5.55. The molecule has 0 amide bonds. The van der Waals surface area contributed by atoms with Crippen molar-refractivity contribution in [3.8, 4) is 11.5 Å². The van der Waals surface area contributed by atoms with E-state index < -0.39 is 0 Å². The smallest absolute Gasteiger partial charge is 0.142 e. The van der Waals surface area contributed by atoms with Gasteiger partial charge in [-0.1, -0.05) is 0 Å². The fourth-order valence-corrected chi connectivity index (χ4v) is 1.65. The molecular formula is C12H20N2O2. The summed E-state index contributed by atoms with van der Waals surface area (Å²) in [4.78, 5) is 2.06. The normalized spacial score (nSPS) is 10.1. The molecule has 90 valence electrons. The van der Waals surface area contributed by atoms with E-state index in [9.17, 15) is 0 Å². The van der Waals surface area contributed by atoms with Gasteiger partial charge in [0.15, 0.2) is 0 Å². The van der Waals surface area contributed by atoms with Gasteiger partial charge < -0.3 is 20.1 Å². The minimum Gasteiger partial charge on any atom is -0.496 e. The van der Waals surface area contributed by atoms with Gasteiger partial charge in [0.1, 0.15) is 11.5 Å². The van der Waals surface area contributed by atoms with Crippen molar-refractivity contribution < 1.29 is 9.47 Å². The molecule has 4 nitrogen and oxygen atoms in total. The number of nitrogens with two attached hydrogens (primary N) is 1. The zero-order valence-corrected chi connectivity index (χ0v) is 10.4. The van der Waals surface area contributed by atoms with Crippen molar-refractivity contribution >= 4 is 5.69 Å². The molecule has 0 atom stereocenters. The fraction of sp³-hybridized carbons (Fsp3) is 0.500. The molecule has 1 rings (SSSR count). The van der Waals surface area contributed by atoms with Crippen molar-refractivity contribution in [3.63, 3.8) is 0 Å². The molecule has 2 N–H and O–H groups in total. The Kier molecular flexibility index (Phi) is 4.43. The van der Waals surface area contributed by atoms with Crippen LogP contribution in [0.15, 0.2) is 12.1 Å². The number of hydrogen-bond donors (Lipinski definition) is 1. The molecule has 0 heterocycles. The van der Waals surface area contributed by atoms with Crippen molar-refractivity contribution in [2.24, 2.45) is 5.73 Å². The first-order valence-electron chi connectivity index (χ1n) is 5.27. The summed E-state index contributed by atoms with van der Waals surface area (Å²) >= 11 is 0. The Hall–Kier alpha value is -1.42. The third-order valence-electron chi connectivity index (χ3n) is 2.57. The molecule has 16 heavy (non-hydrogen) atoms. The lowest BCUT2D eigenvalue weighted by Crippen LogP contribution is -2.25. The van der Waals surface area contributed by atoms with Crippen LogP contribution in [0.4, 0.5) is 5.69 Å². The molecule has 0 aromatic heterocycles. The maximum absolute atomic E-state index is 5.55. The van der Waals surface area contributed by atoms with Crippen LogP contribution >= 0.6 is 0 Å². The predicted octanol–water partition coefficient (Wildman–Crippen LogP) is 1.41. The van der Waals surface area contributed by atoms with Gasteiger partial charge in [-0.3, -0.25) is 0 Å². The SMILES string of the molecule is COc1cc(N(C)CCN)c(OC)cc1C. The molecule has 0 aliphatic heterocycles. The minimum atomic E-state index is 0.607. The number of aryl methyl sites for hydroxylation is 1. The van der Waals surface area contributed by atoms with Crippen molar-refractivity contribution in [2.75, 3.05) is 39.3 Å². The van der Waals surface area contributed by atoms with Crippen LogP contribution in [0.5, 0.6) is 11.5 Å². The average molecular weight is 224 g/mol. The van der Waals surface area contributed by atoms with Crippen molar-refractivity contribution in [1.29, 1.82) is 0 Å². The second-order valence-electron chi connectivity index (χ2n) is 3.70. The van der Waals surface area contributed by atoms with Gasteiger partial charge in [-0.25, -0.2) is 0 Å². The molecular weight excluding hydrogens is 204 g/mol. The molecule has 0 unspecified atom stereocenters. The minimum absolute atomic E-state index is 0.607. The van der Waals surface area contributed by atoms with E-state index in [0.29, 0.717) is 6.54 Å². The molecule has 0 spiro atoms. The highest BCUT2D eigenvalue weighted by Crippen LogP contribution is 2.34. The van der Waals surface area contributed by atoms with Gasteiger partial charge in [0.2, 0.25) is 0 Å². The molecule has 4 heteroatoms. The first-order chi connectivity index (χ1) is 7.63. The summed E-state index contributed by atoms with van der Waals surface area (Å²) in [6.07, 6.45) is 0. The van der Waals surface area contributed by atoms with Crippen LogP contribution in [0, 0.1) is 6.92 Å². The zero-order chi connectivity index (χ0) is 12.1. The van der Waals surface area contributed by atoms with Gasteiger partial charge in [0.05, 0.1) is 19.9 Å². The molecule has 0 aliphatic rings. The quantitative estimate of drug-likeness (QED) is 0.821. The Morgan fingerprint density at radius 3 is 2.31 bits per heavy atom. The Morgan fingerprint density at radius 1 is 1.19 bits per heavy atom.